The third-order valence-corrected chi connectivity index (χ3v) is 6.42. The molecule has 7 nitrogen and oxygen atoms in total. The minimum Gasteiger partial charge on any atom is -0.450 e. The predicted octanol–water partition coefficient (Wildman–Crippen LogP) is 5.01. The van der Waals surface area contributed by atoms with E-state index in [4.69, 9.17) is 43.7 Å². The van der Waals surface area contributed by atoms with Crippen LogP contribution in [0.4, 0.5) is 10.5 Å². The summed E-state index contributed by atoms with van der Waals surface area (Å²) in [5.41, 5.74) is 1.50. The Balaban J connectivity index is 2.11. The lowest BCUT2D eigenvalue weighted by Crippen LogP contribution is -2.59. The van der Waals surface area contributed by atoms with Gasteiger partial charge in [0.25, 0.3) is 10.1 Å². The molecule has 0 spiro atoms. The summed E-state index contributed by atoms with van der Waals surface area (Å²) in [5, 5.41) is 1.47. The van der Waals surface area contributed by atoms with E-state index in [9.17, 15) is 13.2 Å². The van der Waals surface area contributed by atoms with Gasteiger partial charge in [0, 0.05) is 23.1 Å². The number of amides is 1. The first-order valence-corrected chi connectivity index (χ1v) is 12.8. The number of nitrogens with zero attached hydrogens (tertiary/aromatic N) is 2. The molecule has 0 bridgehead atoms. The third kappa shape index (κ3) is 5.99. The molecule has 0 aliphatic carbocycles. The van der Waals surface area contributed by atoms with Crippen molar-refractivity contribution in [2.24, 2.45) is 0 Å². The van der Waals surface area contributed by atoms with Crippen molar-refractivity contribution in [2.75, 3.05) is 37.5 Å². The highest BCUT2D eigenvalue weighted by molar-refractivity contribution is 7.85. The molecule has 0 aromatic heterocycles. The molecule has 1 fully saturated rings. The zero-order valence-corrected chi connectivity index (χ0v) is 20.6. The maximum Gasteiger partial charge on any atom is 0.410 e. The maximum atomic E-state index is 12.7. The van der Waals surface area contributed by atoms with Crippen LogP contribution in [-0.4, -0.2) is 58.0 Å². The third-order valence-electron chi connectivity index (χ3n) is 5.07. The van der Waals surface area contributed by atoms with Gasteiger partial charge in [-0.15, -0.1) is 0 Å². The first kappa shape index (κ1) is 24.9. The summed E-state index contributed by atoms with van der Waals surface area (Å²) < 4.78 is 33.9. The Labute approximate surface area is 202 Å². The molecule has 3 rings (SSSR count). The molecule has 1 heterocycles. The lowest BCUT2D eigenvalue weighted by Gasteiger charge is -2.48. The summed E-state index contributed by atoms with van der Waals surface area (Å²) in [6, 6.07) is 11.1. The number of hydrogen-bond donors (Lipinski definition) is 0. The summed E-state index contributed by atoms with van der Waals surface area (Å²) in [4.78, 5) is 16.2. The van der Waals surface area contributed by atoms with Crippen LogP contribution < -0.4 is 4.90 Å². The topological polar surface area (TPSA) is 76.2 Å². The Kier molecular flexibility index (Phi) is 8.16. The van der Waals surface area contributed by atoms with Gasteiger partial charge >= 0.3 is 6.09 Å². The molecule has 0 unspecified atom stereocenters. The summed E-state index contributed by atoms with van der Waals surface area (Å²) in [7, 11) is -3.76. The Bertz CT molecular complexity index is 1070. The quantitative estimate of drug-likeness (QED) is 0.497. The molecular weight excluding hydrogens is 499 g/mol. The van der Waals surface area contributed by atoms with E-state index in [0.717, 1.165) is 11.8 Å². The molecule has 2 atom stereocenters. The Hall–Kier alpha value is -1.71. The van der Waals surface area contributed by atoms with Gasteiger partial charge in [0.1, 0.15) is 0 Å². The number of halogens is 3. The number of ether oxygens (including phenoxy) is 1. The van der Waals surface area contributed by atoms with Crippen molar-refractivity contribution >= 4 is 56.7 Å². The van der Waals surface area contributed by atoms with Crippen molar-refractivity contribution in [1.29, 1.82) is 0 Å². The summed E-state index contributed by atoms with van der Waals surface area (Å²) in [5.74, 6) is 0. The summed E-state index contributed by atoms with van der Waals surface area (Å²) in [6.07, 6.45) is 0.422. The second-order valence-electron chi connectivity index (χ2n) is 7.23. The van der Waals surface area contributed by atoms with Crippen molar-refractivity contribution < 1.29 is 22.1 Å². The average molecular weight is 522 g/mol. The second-order valence-corrected chi connectivity index (χ2v) is 10.2. The number of rotatable bonds is 6. The molecular formula is C21H23Cl3N2O5S. The first-order valence-electron chi connectivity index (χ1n) is 9.85. The molecule has 1 aliphatic rings. The van der Waals surface area contributed by atoms with Gasteiger partial charge in [-0.2, -0.15) is 8.42 Å². The van der Waals surface area contributed by atoms with Crippen LogP contribution in [0.5, 0.6) is 0 Å². The molecule has 1 saturated heterocycles. The van der Waals surface area contributed by atoms with Crippen LogP contribution >= 0.6 is 34.8 Å². The molecule has 1 aliphatic heterocycles. The molecule has 0 saturated carbocycles. The van der Waals surface area contributed by atoms with E-state index in [2.05, 4.69) is 0 Å². The van der Waals surface area contributed by atoms with Crippen LogP contribution in [0.2, 0.25) is 15.1 Å². The normalized spacial score (nSPS) is 19.2. The minimum atomic E-state index is -3.76. The van der Waals surface area contributed by atoms with E-state index in [-0.39, 0.29) is 19.8 Å². The average Bonchev–Trinajstić information content (AvgIpc) is 2.72. The van der Waals surface area contributed by atoms with Crippen LogP contribution in [0.25, 0.3) is 0 Å². The zero-order valence-electron chi connectivity index (χ0n) is 17.5. The zero-order chi connectivity index (χ0) is 23.5. The van der Waals surface area contributed by atoms with E-state index < -0.39 is 28.3 Å². The van der Waals surface area contributed by atoms with Crippen molar-refractivity contribution in [3.63, 3.8) is 0 Å². The first-order chi connectivity index (χ1) is 15.1. The summed E-state index contributed by atoms with van der Waals surface area (Å²) in [6.45, 7) is 2.34. The van der Waals surface area contributed by atoms with E-state index in [0.29, 0.717) is 27.3 Å². The Morgan fingerprint density at radius 1 is 1.06 bits per heavy atom. The lowest BCUT2D eigenvalue weighted by atomic mass is 9.93. The number of benzene rings is 2. The smallest absolute Gasteiger partial charge is 0.410 e. The van der Waals surface area contributed by atoms with E-state index in [1.165, 1.54) is 4.90 Å². The van der Waals surface area contributed by atoms with Gasteiger partial charge in [0.15, 0.2) is 0 Å². The predicted molar refractivity (Wildman–Crippen MR) is 126 cm³/mol. The van der Waals surface area contributed by atoms with Crippen molar-refractivity contribution in [2.45, 2.75) is 19.0 Å². The monoisotopic (exact) mass is 520 g/mol. The van der Waals surface area contributed by atoms with Crippen LogP contribution in [0.3, 0.4) is 0 Å². The number of carbonyl (C=O) groups is 1. The SMILES string of the molecule is CCOC(=O)N1CCN(c2ccc(Cl)cc2Cl)[C@@H](c2ccc(Cl)cc2)[C@H]1COS(C)(=O)=O. The van der Waals surface area contributed by atoms with Gasteiger partial charge in [0.2, 0.25) is 0 Å². The van der Waals surface area contributed by atoms with Gasteiger partial charge in [0.05, 0.1) is 42.3 Å². The fourth-order valence-corrected chi connectivity index (χ4v) is 4.78. The fourth-order valence-electron chi connectivity index (χ4n) is 3.75. The number of piperazine rings is 1. The van der Waals surface area contributed by atoms with Gasteiger partial charge in [-0.1, -0.05) is 46.9 Å². The van der Waals surface area contributed by atoms with E-state index in [1.807, 2.05) is 17.0 Å². The minimum absolute atomic E-state index is 0.188. The number of anilines is 1. The number of hydrogen-bond acceptors (Lipinski definition) is 6. The largest absolute Gasteiger partial charge is 0.450 e. The van der Waals surface area contributed by atoms with Crippen LogP contribution in [0, 0.1) is 0 Å². The van der Waals surface area contributed by atoms with E-state index >= 15 is 0 Å². The molecule has 32 heavy (non-hydrogen) atoms. The molecule has 2 aromatic rings. The van der Waals surface area contributed by atoms with E-state index in [1.54, 1.807) is 37.3 Å². The Morgan fingerprint density at radius 3 is 2.31 bits per heavy atom. The van der Waals surface area contributed by atoms with Gasteiger partial charge in [-0.3, -0.25) is 9.08 Å². The lowest BCUT2D eigenvalue weighted by molar-refractivity contribution is 0.0580. The molecule has 2 aromatic carbocycles. The molecule has 174 valence electrons. The maximum absolute atomic E-state index is 12.7. The van der Waals surface area contributed by atoms with Crippen LogP contribution in [-0.2, 0) is 19.0 Å². The molecule has 11 heteroatoms. The van der Waals surface area contributed by atoms with Crippen molar-refractivity contribution in [1.82, 2.24) is 4.90 Å². The molecule has 0 radical (unpaired) electrons. The van der Waals surface area contributed by atoms with Crippen molar-refractivity contribution in [3.05, 3.63) is 63.1 Å². The Morgan fingerprint density at radius 2 is 1.72 bits per heavy atom. The standard InChI is InChI=1S/C21H23Cl3N2O5S/c1-3-30-21(27)26-11-10-25(18-9-8-16(23)12-17(18)24)20(14-4-6-15(22)7-5-14)19(26)13-31-32(2,28)29/h4-9,12,19-20H,3,10-11,13H2,1-2H3/t19-,20+/m1/s1. The van der Waals surface area contributed by atoms with Gasteiger partial charge < -0.3 is 9.64 Å². The van der Waals surface area contributed by atoms with Crippen LogP contribution in [0.1, 0.15) is 18.5 Å². The highest BCUT2D eigenvalue weighted by Gasteiger charge is 2.42. The molecule has 1 amide bonds. The van der Waals surface area contributed by atoms with Crippen LogP contribution in [0.15, 0.2) is 42.5 Å². The summed E-state index contributed by atoms with van der Waals surface area (Å²) >= 11 is 18.7. The van der Waals surface area contributed by atoms with Gasteiger partial charge in [-0.25, -0.2) is 4.79 Å². The fraction of sp³-hybridized carbons (Fsp3) is 0.381. The number of carbonyl (C=O) groups excluding carboxylic acids is 1. The second kappa shape index (κ2) is 10.5. The molecule has 0 N–H and O–H groups in total. The highest BCUT2D eigenvalue weighted by Crippen LogP contribution is 2.40. The highest BCUT2D eigenvalue weighted by atomic mass is 35.5. The van der Waals surface area contributed by atoms with Crippen molar-refractivity contribution in [3.8, 4) is 0 Å². The van der Waals surface area contributed by atoms with Gasteiger partial charge in [-0.05, 0) is 42.8 Å².